The molecule has 1 aliphatic heterocycles. The lowest BCUT2D eigenvalue weighted by Gasteiger charge is -2.37. The van der Waals surface area contributed by atoms with E-state index in [1.54, 1.807) is 35.5 Å². The van der Waals surface area contributed by atoms with Gasteiger partial charge < -0.3 is 19.3 Å². The number of methoxy groups -OCH3 is 1. The highest BCUT2D eigenvalue weighted by atomic mass is 32.1. The van der Waals surface area contributed by atoms with Crippen LogP contribution in [-0.2, 0) is 16.0 Å². The molecule has 0 N–H and O–H groups in total. The number of carbonyl (C=O) groups is 2. The van der Waals surface area contributed by atoms with Gasteiger partial charge in [0.2, 0.25) is 5.91 Å². The number of fused-ring (bicyclic) bond motifs is 1. The Morgan fingerprint density at radius 2 is 1.75 bits per heavy atom. The van der Waals surface area contributed by atoms with Crippen molar-refractivity contribution in [3.8, 4) is 5.75 Å². The van der Waals surface area contributed by atoms with Gasteiger partial charge in [0.1, 0.15) is 30.5 Å². The highest BCUT2D eigenvalue weighted by Crippen LogP contribution is 2.34. The number of hydrogen-bond donors (Lipinski definition) is 0. The van der Waals surface area contributed by atoms with E-state index in [1.165, 1.54) is 46.2 Å². The van der Waals surface area contributed by atoms with Crippen LogP contribution in [0.3, 0.4) is 0 Å². The molecule has 0 fully saturated rings. The van der Waals surface area contributed by atoms with Crippen molar-refractivity contribution in [3.05, 3.63) is 87.6 Å². The van der Waals surface area contributed by atoms with Crippen LogP contribution >= 0.6 is 11.3 Å². The Labute approximate surface area is 213 Å². The average molecular weight is 515 g/mol. The van der Waals surface area contributed by atoms with E-state index in [1.807, 2.05) is 11.4 Å². The molecule has 2 aromatic carbocycles. The Bertz CT molecular complexity index is 1170. The number of amides is 2. The molecule has 1 aromatic heterocycles. The number of carbonyl (C=O) groups excluding carboxylic acids is 2. The molecular weight excluding hydrogens is 486 g/mol. The fraction of sp³-hybridized carbons (Fsp3) is 0.333. The van der Waals surface area contributed by atoms with Crippen molar-refractivity contribution in [3.63, 3.8) is 0 Å². The maximum Gasteiger partial charge on any atom is 0.254 e. The number of hydrogen-bond acceptors (Lipinski definition) is 5. The van der Waals surface area contributed by atoms with Gasteiger partial charge in [-0.1, -0.05) is 0 Å². The highest BCUT2D eigenvalue weighted by Gasteiger charge is 2.33. The molecule has 2 amide bonds. The lowest BCUT2D eigenvalue weighted by Crippen LogP contribution is -2.48. The second-order valence-electron chi connectivity index (χ2n) is 8.50. The number of nitrogens with zero attached hydrogens (tertiary/aromatic N) is 2. The molecule has 3 aromatic rings. The Morgan fingerprint density at radius 1 is 1.06 bits per heavy atom. The predicted octanol–water partition coefficient (Wildman–Crippen LogP) is 4.71. The van der Waals surface area contributed by atoms with E-state index < -0.39 is 5.82 Å². The summed E-state index contributed by atoms with van der Waals surface area (Å²) in [6.07, 6.45) is 1.28. The van der Waals surface area contributed by atoms with Gasteiger partial charge in [-0.15, -0.1) is 11.3 Å². The third-order valence-corrected chi connectivity index (χ3v) is 7.11. The maximum atomic E-state index is 13.6. The summed E-state index contributed by atoms with van der Waals surface area (Å²) in [7, 11) is 1.58. The van der Waals surface area contributed by atoms with E-state index in [0.29, 0.717) is 37.4 Å². The first-order valence-corrected chi connectivity index (χ1v) is 12.6. The van der Waals surface area contributed by atoms with Crippen LogP contribution < -0.4 is 4.74 Å². The number of rotatable bonds is 10. The molecule has 0 aliphatic carbocycles. The zero-order valence-electron chi connectivity index (χ0n) is 20.0. The van der Waals surface area contributed by atoms with E-state index in [4.69, 9.17) is 9.47 Å². The number of ether oxygens (including phenoxy) is 2. The molecule has 36 heavy (non-hydrogen) atoms. The molecular formula is C27H28F2N2O4S. The van der Waals surface area contributed by atoms with Gasteiger partial charge in [0, 0.05) is 37.2 Å². The normalized spacial score (nSPS) is 14.9. The molecule has 0 saturated carbocycles. The molecule has 4 rings (SSSR count). The lowest BCUT2D eigenvalue weighted by molar-refractivity contribution is -0.135. The van der Waals surface area contributed by atoms with Crippen molar-refractivity contribution in [2.45, 2.75) is 18.9 Å². The van der Waals surface area contributed by atoms with Crippen molar-refractivity contribution in [1.82, 2.24) is 9.80 Å². The molecule has 0 saturated heterocycles. The van der Waals surface area contributed by atoms with Crippen molar-refractivity contribution < 1.29 is 27.8 Å². The summed E-state index contributed by atoms with van der Waals surface area (Å²) >= 11 is 1.65. The molecule has 2 heterocycles. The van der Waals surface area contributed by atoms with Crippen molar-refractivity contribution in [1.29, 1.82) is 0 Å². The fourth-order valence-corrected chi connectivity index (χ4v) is 5.19. The van der Waals surface area contributed by atoms with Crippen LogP contribution in [0.2, 0.25) is 0 Å². The summed E-state index contributed by atoms with van der Waals surface area (Å²) < 4.78 is 37.7. The third-order valence-electron chi connectivity index (χ3n) is 6.12. The Hall–Kier alpha value is -3.30. The summed E-state index contributed by atoms with van der Waals surface area (Å²) in [6, 6.07) is 12.7. The van der Waals surface area contributed by atoms with Gasteiger partial charge in [-0.2, -0.15) is 0 Å². The summed E-state index contributed by atoms with van der Waals surface area (Å²) in [5.41, 5.74) is 1.34. The van der Waals surface area contributed by atoms with Gasteiger partial charge in [0.15, 0.2) is 0 Å². The van der Waals surface area contributed by atoms with E-state index in [0.717, 1.165) is 12.0 Å². The quantitative estimate of drug-likeness (QED) is 0.368. The van der Waals surface area contributed by atoms with Crippen molar-refractivity contribution >= 4 is 23.2 Å². The number of thiophene rings is 1. The van der Waals surface area contributed by atoms with Crippen LogP contribution in [0.1, 0.15) is 33.3 Å². The summed E-state index contributed by atoms with van der Waals surface area (Å²) in [6.45, 7) is 1.35. The van der Waals surface area contributed by atoms with Gasteiger partial charge in [-0.05, 0) is 78.4 Å². The lowest BCUT2D eigenvalue weighted by atomic mass is 10.0. The highest BCUT2D eigenvalue weighted by molar-refractivity contribution is 7.10. The predicted molar refractivity (Wildman–Crippen MR) is 133 cm³/mol. The Kier molecular flexibility index (Phi) is 8.66. The SMILES string of the molecule is COCCCN(CC(=O)N1CCc2sccc2C1COc1ccc(F)cc1)C(=O)c1ccc(F)cc1. The van der Waals surface area contributed by atoms with Gasteiger partial charge in [-0.3, -0.25) is 9.59 Å². The smallest absolute Gasteiger partial charge is 0.254 e. The van der Waals surface area contributed by atoms with Gasteiger partial charge in [0.05, 0.1) is 6.04 Å². The fourth-order valence-electron chi connectivity index (χ4n) is 4.26. The first-order valence-electron chi connectivity index (χ1n) is 11.7. The van der Waals surface area contributed by atoms with Crippen LogP contribution in [0.15, 0.2) is 60.0 Å². The van der Waals surface area contributed by atoms with Crippen LogP contribution in [-0.4, -0.2) is 61.6 Å². The molecule has 0 spiro atoms. The second-order valence-corrected chi connectivity index (χ2v) is 9.50. The average Bonchev–Trinajstić information content (AvgIpc) is 3.37. The van der Waals surface area contributed by atoms with Crippen LogP contribution in [0.4, 0.5) is 8.78 Å². The zero-order chi connectivity index (χ0) is 25.5. The topological polar surface area (TPSA) is 59.1 Å². The first kappa shape index (κ1) is 25.8. The van der Waals surface area contributed by atoms with E-state index >= 15 is 0 Å². The van der Waals surface area contributed by atoms with Gasteiger partial charge in [-0.25, -0.2) is 8.78 Å². The molecule has 190 valence electrons. The van der Waals surface area contributed by atoms with E-state index in [2.05, 4.69) is 0 Å². The second kappa shape index (κ2) is 12.1. The summed E-state index contributed by atoms with van der Waals surface area (Å²) in [5.74, 6) is -0.813. The number of benzene rings is 2. The van der Waals surface area contributed by atoms with Crippen LogP contribution in [0.5, 0.6) is 5.75 Å². The third kappa shape index (κ3) is 6.27. The van der Waals surface area contributed by atoms with Gasteiger partial charge >= 0.3 is 0 Å². The molecule has 1 unspecified atom stereocenters. The van der Waals surface area contributed by atoms with Crippen LogP contribution in [0, 0.1) is 11.6 Å². The standard InChI is InChI=1S/C27H28F2N2O4S/c1-34-15-2-13-30(27(33)19-3-5-20(28)6-4-19)17-26(32)31-14-11-25-23(12-16-36-25)24(31)18-35-22-9-7-21(29)8-10-22/h3-10,12,16,24H,2,11,13-15,17-18H2,1H3. The minimum atomic E-state index is -0.433. The van der Waals surface area contributed by atoms with Crippen molar-refractivity contribution in [2.24, 2.45) is 0 Å². The molecule has 6 nitrogen and oxygen atoms in total. The molecule has 1 aliphatic rings. The Morgan fingerprint density at radius 3 is 2.44 bits per heavy atom. The minimum Gasteiger partial charge on any atom is -0.491 e. The number of halogens is 2. The molecule has 1 atom stereocenters. The zero-order valence-corrected chi connectivity index (χ0v) is 20.8. The minimum absolute atomic E-state index is 0.119. The summed E-state index contributed by atoms with van der Waals surface area (Å²) in [4.78, 5) is 31.2. The van der Waals surface area contributed by atoms with Crippen LogP contribution in [0.25, 0.3) is 0 Å². The van der Waals surface area contributed by atoms with Gasteiger partial charge in [0.25, 0.3) is 5.91 Å². The molecule has 0 bridgehead atoms. The maximum absolute atomic E-state index is 13.6. The first-order chi connectivity index (χ1) is 17.5. The monoisotopic (exact) mass is 514 g/mol. The molecule has 0 radical (unpaired) electrons. The van der Waals surface area contributed by atoms with Crippen molar-refractivity contribution in [2.75, 3.05) is 40.0 Å². The van der Waals surface area contributed by atoms with E-state index in [9.17, 15) is 18.4 Å². The van der Waals surface area contributed by atoms with E-state index in [-0.39, 0.29) is 36.8 Å². The Balaban J connectivity index is 1.51. The summed E-state index contributed by atoms with van der Waals surface area (Å²) in [5, 5.41) is 2.00. The molecule has 9 heteroatoms. The largest absolute Gasteiger partial charge is 0.491 e.